The number of allylic oxidation sites excluding steroid dienone is 3. The largest absolute Gasteiger partial charge is 0.339 e. The lowest BCUT2D eigenvalue weighted by molar-refractivity contribution is 0.112. The molecule has 0 radical (unpaired) electrons. The molecule has 0 fully saturated rings. The minimum atomic E-state index is -0.619. The van der Waals surface area contributed by atoms with Crippen molar-refractivity contribution in [3.8, 4) is 0 Å². The first kappa shape index (κ1) is 19.1. The Bertz CT molecular complexity index is 850. The van der Waals surface area contributed by atoms with Gasteiger partial charge >= 0.3 is 0 Å². The molecule has 0 amide bonds. The van der Waals surface area contributed by atoms with Gasteiger partial charge < -0.3 is 4.57 Å². The average molecular weight is 364 g/mol. The van der Waals surface area contributed by atoms with Crippen LogP contribution in [-0.4, -0.2) is 10.9 Å². The number of nitrogens with zero attached hydrogens (tertiary/aromatic N) is 1. The standard InChI is InChI=1S/C20H20ClF2NO/c1-4-5-10-24-14(3)13(2)17(12-25)20(24)18(21)9-7-15-6-8-16(22)11-19(15)23/h4-6,8-9,11-12H,7,10H2,1-3H3. The molecule has 2 nitrogen and oxygen atoms in total. The van der Waals surface area contributed by atoms with Crippen LogP contribution < -0.4 is 0 Å². The third kappa shape index (κ3) is 4.07. The molecule has 2 rings (SSSR count). The minimum Gasteiger partial charge on any atom is -0.339 e. The van der Waals surface area contributed by atoms with Crippen molar-refractivity contribution in [1.29, 1.82) is 0 Å². The van der Waals surface area contributed by atoms with E-state index in [4.69, 9.17) is 11.6 Å². The van der Waals surface area contributed by atoms with Crippen molar-refractivity contribution < 1.29 is 13.6 Å². The van der Waals surface area contributed by atoms with Crippen molar-refractivity contribution in [2.24, 2.45) is 0 Å². The quantitative estimate of drug-likeness (QED) is 0.484. The van der Waals surface area contributed by atoms with Gasteiger partial charge in [-0.1, -0.05) is 35.9 Å². The monoisotopic (exact) mass is 363 g/mol. The van der Waals surface area contributed by atoms with Crippen LogP contribution >= 0.6 is 11.6 Å². The zero-order valence-corrected chi connectivity index (χ0v) is 15.2. The van der Waals surface area contributed by atoms with Gasteiger partial charge in [-0.15, -0.1) is 0 Å². The van der Waals surface area contributed by atoms with E-state index >= 15 is 0 Å². The zero-order chi connectivity index (χ0) is 18.6. The molecule has 5 heteroatoms. The molecule has 0 aliphatic rings. The fourth-order valence-electron chi connectivity index (χ4n) is 2.71. The van der Waals surface area contributed by atoms with E-state index in [9.17, 15) is 13.6 Å². The summed E-state index contributed by atoms with van der Waals surface area (Å²) in [5.74, 6) is -1.24. The lowest BCUT2D eigenvalue weighted by Crippen LogP contribution is -2.03. The predicted octanol–water partition coefficient (Wildman–Crippen LogP) is 5.59. The summed E-state index contributed by atoms with van der Waals surface area (Å²) in [5, 5.41) is 0.367. The van der Waals surface area contributed by atoms with E-state index in [1.807, 2.05) is 37.5 Å². The SMILES string of the molecule is CC=CCn1c(C)c(C)c(C=O)c1C(Cl)=CCc1ccc(F)cc1F. The van der Waals surface area contributed by atoms with Crippen molar-refractivity contribution in [2.45, 2.75) is 33.7 Å². The Morgan fingerprint density at radius 1 is 1.28 bits per heavy atom. The third-order valence-electron chi connectivity index (χ3n) is 4.26. The van der Waals surface area contributed by atoms with E-state index < -0.39 is 11.6 Å². The van der Waals surface area contributed by atoms with Crippen LogP contribution in [0.2, 0.25) is 0 Å². The second-order valence-corrected chi connectivity index (χ2v) is 6.17. The molecule has 0 saturated carbocycles. The molecule has 25 heavy (non-hydrogen) atoms. The first-order valence-corrected chi connectivity index (χ1v) is 8.34. The Balaban J connectivity index is 2.44. The number of carbonyl (C=O) groups is 1. The molecule has 0 N–H and O–H groups in total. The van der Waals surface area contributed by atoms with Gasteiger partial charge in [-0.05, 0) is 44.4 Å². The second kappa shape index (κ2) is 8.26. The number of hydrogen-bond donors (Lipinski definition) is 0. The maximum absolute atomic E-state index is 13.8. The number of halogens is 3. The Morgan fingerprint density at radius 2 is 2.00 bits per heavy atom. The van der Waals surface area contributed by atoms with Gasteiger partial charge in [0, 0.05) is 23.9 Å². The van der Waals surface area contributed by atoms with Crippen molar-refractivity contribution in [3.05, 3.63) is 76.1 Å². The van der Waals surface area contributed by atoms with Crippen molar-refractivity contribution in [3.63, 3.8) is 0 Å². The number of aromatic nitrogens is 1. The Morgan fingerprint density at radius 3 is 2.60 bits per heavy atom. The second-order valence-electron chi connectivity index (χ2n) is 5.76. The van der Waals surface area contributed by atoms with E-state index in [0.29, 0.717) is 28.4 Å². The van der Waals surface area contributed by atoms with Gasteiger partial charge in [-0.2, -0.15) is 0 Å². The summed E-state index contributed by atoms with van der Waals surface area (Å²) in [4.78, 5) is 11.5. The van der Waals surface area contributed by atoms with Crippen LogP contribution in [0.5, 0.6) is 0 Å². The topological polar surface area (TPSA) is 22.0 Å². The van der Waals surface area contributed by atoms with Crippen LogP contribution in [0.4, 0.5) is 8.78 Å². The number of hydrogen-bond acceptors (Lipinski definition) is 1. The highest BCUT2D eigenvalue weighted by Crippen LogP contribution is 2.30. The van der Waals surface area contributed by atoms with Gasteiger partial charge in [-0.25, -0.2) is 8.78 Å². The summed E-state index contributed by atoms with van der Waals surface area (Å²) >= 11 is 6.45. The maximum Gasteiger partial charge on any atom is 0.152 e. The molecule has 0 aliphatic carbocycles. The fraction of sp³-hybridized carbons (Fsp3) is 0.250. The molecule has 2 aromatic rings. The molecule has 1 aromatic heterocycles. The molecule has 0 atom stereocenters. The van der Waals surface area contributed by atoms with Crippen LogP contribution in [0, 0.1) is 25.5 Å². The molecule has 0 bridgehead atoms. The van der Waals surface area contributed by atoms with E-state index in [0.717, 1.165) is 23.6 Å². The van der Waals surface area contributed by atoms with Gasteiger partial charge in [0.1, 0.15) is 11.6 Å². The van der Waals surface area contributed by atoms with Crippen LogP contribution in [0.1, 0.15) is 39.8 Å². The number of aldehydes is 1. The average Bonchev–Trinajstić information content (AvgIpc) is 2.82. The lowest BCUT2D eigenvalue weighted by Gasteiger charge is -2.10. The normalized spacial score (nSPS) is 12.2. The maximum atomic E-state index is 13.8. The summed E-state index contributed by atoms with van der Waals surface area (Å²) in [7, 11) is 0. The molecular weight excluding hydrogens is 344 g/mol. The lowest BCUT2D eigenvalue weighted by atomic mass is 10.1. The molecule has 0 unspecified atom stereocenters. The minimum absolute atomic E-state index is 0.205. The predicted molar refractivity (Wildman–Crippen MR) is 98.0 cm³/mol. The number of carbonyl (C=O) groups excluding carboxylic acids is 1. The Kier molecular flexibility index (Phi) is 6.32. The van der Waals surface area contributed by atoms with E-state index in [1.54, 1.807) is 6.08 Å². The highest BCUT2D eigenvalue weighted by atomic mass is 35.5. The van der Waals surface area contributed by atoms with E-state index in [1.165, 1.54) is 12.1 Å². The zero-order valence-electron chi connectivity index (χ0n) is 14.4. The smallest absolute Gasteiger partial charge is 0.152 e. The molecule has 0 saturated heterocycles. The van der Waals surface area contributed by atoms with E-state index in [2.05, 4.69) is 0 Å². The summed E-state index contributed by atoms with van der Waals surface area (Å²) in [6.45, 7) is 6.31. The molecule has 132 valence electrons. The summed E-state index contributed by atoms with van der Waals surface area (Å²) in [6, 6.07) is 3.44. The van der Waals surface area contributed by atoms with Crippen molar-refractivity contribution in [2.75, 3.05) is 0 Å². The van der Waals surface area contributed by atoms with Gasteiger partial charge in [0.25, 0.3) is 0 Å². The Hall–Kier alpha value is -2.20. The first-order valence-electron chi connectivity index (χ1n) is 7.96. The van der Waals surface area contributed by atoms with Gasteiger partial charge in [0.15, 0.2) is 6.29 Å². The van der Waals surface area contributed by atoms with Crippen LogP contribution in [0.3, 0.4) is 0 Å². The van der Waals surface area contributed by atoms with Crippen LogP contribution in [0.25, 0.3) is 5.03 Å². The number of benzene rings is 1. The highest BCUT2D eigenvalue weighted by molar-refractivity contribution is 6.49. The van der Waals surface area contributed by atoms with Crippen LogP contribution in [-0.2, 0) is 13.0 Å². The summed E-state index contributed by atoms with van der Waals surface area (Å²) in [5.41, 5.74) is 3.31. The molecular formula is C20H20ClF2NO. The molecule has 0 aliphatic heterocycles. The molecule has 1 heterocycles. The van der Waals surface area contributed by atoms with Crippen molar-refractivity contribution in [1.82, 2.24) is 4.57 Å². The summed E-state index contributed by atoms with van der Waals surface area (Å²) < 4.78 is 28.7. The Labute approximate surface area is 151 Å². The van der Waals surface area contributed by atoms with Crippen molar-refractivity contribution >= 4 is 22.9 Å². The number of rotatable bonds is 6. The molecule has 1 aromatic carbocycles. The van der Waals surface area contributed by atoms with Gasteiger partial charge in [0.05, 0.1) is 10.7 Å². The first-order chi connectivity index (χ1) is 11.9. The van der Waals surface area contributed by atoms with Crippen LogP contribution in [0.15, 0.2) is 36.4 Å². The highest BCUT2D eigenvalue weighted by Gasteiger charge is 2.19. The molecule has 0 spiro atoms. The van der Waals surface area contributed by atoms with E-state index in [-0.39, 0.29) is 6.42 Å². The van der Waals surface area contributed by atoms with Gasteiger partial charge in [0.2, 0.25) is 0 Å². The summed E-state index contributed by atoms with van der Waals surface area (Å²) in [6.07, 6.45) is 6.53. The fourth-order valence-corrected chi connectivity index (χ4v) is 2.99. The van der Waals surface area contributed by atoms with Gasteiger partial charge in [-0.3, -0.25) is 4.79 Å². The third-order valence-corrected chi connectivity index (χ3v) is 4.59.